The molecule has 0 fully saturated rings. The van der Waals surface area contributed by atoms with E-state index in [0.29, 0.717) is 18.5 Å². The summed E-state index contributed by atoms with van der Waals surface area (Å²) in [5, 5.41) is 8.29. The highest BCUT2D eigenvalue weighted by Crippen LogP contribution is 2.22. The Morgan fingerprint density at radius 3 is 2.55 bits per heavy atom. The SMILES string of the molecule is Cc1cc(C)n(-c2ccc(C(=O)NCCc3cn(C)c4ccc(F)cc34)cc2)n1. The van der Waals surface area contributed by atoms with Crippen LogP contribution in [0.4, 0.5) is 4.39 Å². The monoisotopic (exact) mass is 390 g/mol. The molecule has 2 heterocycles. The molecular formula is C23H23FN4O. The van der Waals surface area contributed by atoms with Gasteiger partial charge in [-0.1, -0.05) is 0 Å². The number of carbonyl (C=O) groups excluding carboxylic acids is 1. The van der Waals surface area contributed by atoms with Gasteiger partial charge >= 0.3 is 0 Å². The maximum absolute atomic E-state index is 13.6. The molecular weight excluding hydrogens is 367 g/mol. The van der Waals surface area contributed by atoms with Gasteiger partial charge in [-0.3, -0.25) is 4.79 Å². The van der Waals surface area contributed by atoms with Crippen LogP contribution in [0.25, 0.3) is 16.6 Å². The van der Waals surface area contributed by atoms with Crippen LogP contribution in [-0.2, 0) is 13.5 Å². The number of aryl methyl sites for hydroxylation is 3. The quantitative estimate of drug-likeness (QED) is 0.558. The highest BCUT2D eigenvalue weighted by molar-refractivity contribution is 5.94. The molecule has 0 saturated heterocycles. The van der Waals surface area contributed by atoms with Gasteiger partial charge in [-0.2, -0.15) is 5.10 Å². The third kappa shape index (κ3) is 3.78. The first-order valence-corrected chi connectivity index (χ1v) is 9.58. The molecule has 6 heteroatoms. The van der Waals surface area contributed by atoms with Crippen LogP contribution in [0.15, 0.2) is 54.7 Å². The Morgan fingerprint density at radius 1 is 1.10 bits per heavy atom. The molecule has 0 unspecified atom stereocenters. The predicted octanol–water partition coefficient (Wildman–Crippen LogP) is 4.09. The lowest BCUT2D eigenvalue weighted by molar-refractivity contribution is 0.0954. The van der Waals surface area contributed by atoms with Crippen molar-refractivity contribution in [2.24, 2.45) is 7.05 Å². The van der Waals surface area contributed by atoms with Gasteiger partial charge in [0.2, 0.25) is 0 Å². The molecule has 0 atom stereocenters. The summed E-state index contributed by atoms with van der Waals surface area (Å²) in [6.07, 6.45) is 2.62. The highest BCUT2D eigenvalue weighted by atomic mass is 19.1. The van der Waals surface area contributed by atoms with Gasteiger partial charge < -0.3 is 9.88 Å². The maximum atomic E-state index is 13.6. The van der Waals surface area contributed by atoms with Crippen LogP contribution < -0.4 is 5.32 Å². The number of fused-ring (bicyclic) bond motifs is 1. The zero-order valence-electron chi connectivity index (χ0n) is 16.7. The fraction of sp³-hybridized carbons (Fsp3) is 0.217. The number of benzene rings is 2. The van der Waals surface area contributed by atoms with Crippen molar-refractivity contribution in [3.05, 3.63) is 83.1 Å². The zero-order chi connectivity index (χ0) is 20.5. The average molecular weight is 390 g/mol. The first-order chi connectivity index (χ1) is 13.9. The fourth-order valence-corrected chi connectivity index (χ4v) is 3.70. The van der Waals surface area contributed by atoms with Crippen LogP contribution in [-0.4, -0.2) is 26.8 Å². The fourth-order valence-electron chi connectivity index (χ4n) is 3.70. The number of carbonyl (C=O) groups is 1. The number of rotatable bonds is 5. The van der Waals surface area contributed by atoms with E-state index < -0.39 is 0 Å². The molecule has 1 amide bonds. The summed E-state index contributed by atoms with van der Waals surface area (Å²) in [5.74, 6) is -0.381. The van der Waals surface area contributed by atoms with Crippen LogP contribution >= 0.6 is 0 Å². The van der Waals surface area contributed by atoms with Crippen molar-refractivity contribution in [1.29, 1.82) is 0 Å². The molecule has 0 aliphatic heterocycles. The number of nitrogens with one attached hydrogen (secondary N) is 1. The number of hydrogen-bond donors (Lipinski definition) is 1. The molecule has 2 aromatic heterocycles. The highest BCUT2D eigenvalue weighted by Gasteiger charge is 2.10. The molecule has 4 aromatic rings. The van der Waals surface area contributed by atoms with Gasteiger partial charge in [-0.05, 0) is 74.4 Å². The summed E-state index contributed by atoms with van der Waals surface area (Å²) in [6.45, 7) is 4.43. The second-order valence-electron chi connectivity index (χ2n) is 7.32. The van der Waals surface area contributed by atoms with Crippen molar-refractivity contribution in [3.63, 3.8) is 0 Å². The van der Waals surface area contributed by atoms with E-state index in [1.165, 1.54) is 6.07 Å². The smallest absolute Gasteiger partial charge is 0.251 e. The molecule has 2 aromatic carbocycles. The summed E-state index contributed by atoms with van der Waals surface area (Å²) in [7, 11) is 1.94. The van der Waals surface area contributed by atoms with Crippen molar-refractivity contribution >= 4 is 16.8 Å². The molecule has 4 rings (SSSR count). The Bertz CT molecular complexity index is 1190. The number of nitrogens with zero attached hydrogens (tertiary/aromatic N) is 3. The van der Waals surface area contributed by atoms with E-state index in [4.69, 9.17) is 0 Å². The molecule has 29 heavy (non-hydrogen) atoms. The Hall–Kier alpha value is -3.41. The lowest BCUT2D eigenvalue weighted by Gasteiger charge is -2.07. The predicted molar refractivity (Wildman–Crippen MR) is 112 cm³/mol. The molecule has 0 aliphatic rings. The molecule has 0 radical (unpaired) electrons. The van der Waals surface area contributed by atoms with Gasteiger partial charge in [-0.15, -0.1) is 0 Å². The second-order valence-corrected chi connectivity index (χ2v) is 7.32. The van der Waals surface area contributed by atoms with E-state index in [0.717, 1.165) is 33.5 Å². The van der Waals surface area contributed by atoms with Crippen LogP contribution in [0.3, 0.4) is 0 Å². The number of halogens is 1. The zero-order valence-corrected chi connectivity index (χ0v) is 16.7. The van der Waals surface area contributed by atoms with E-state index in [1.54, 1.807) is 24.3 Å². The van der Waals surface area contributed by atoms with Crippen molar-refractivity contribution in [2.75, 3.05) is 6.54 Å². The minimum absolute atomic E-state index is 0.128. The van der Waals surface area contributed by atoms with Gasteiger partial charge in [0.1, 0.15) is 5.82 Å². The Morgan fingerprint density at radius 2 is 1.86 bits per heavy atom. The van der Waals surface area contributed by atoms with Crippen LogP contribution in [0, 0.1) is 19.7 Å². The molecule has 0 spiro atoms. The Kier molecular flexibility index (Phi) is 4.92. The first-order valence-electron chi connectivity index (χ1n) is 9.58. The number of amides is 1. The normalized spacial score (nSPS) is 11.2. The first kappa shape index (κ1) is 18.9. The lowest BCUT2D eigenvalue weighted by atomic mass is 10.1. The number of hydrogen-bond acceptors (Lipinski definition) is 2. The topological polar surface area (TPSA) is 51.9 Å². The Balaban J connectivity index is 1.41. The van der Waals surface area contributed by atoms with Crippen LogP contribution in [0.5, 0.6) is 0 Å². The van der Waals surface area contributed by atoms with E-state index in [1.807, 2.05) is 54.5 Å². The third-order valence-corrected chi connectivity index (χ3v) is 5.10. The van der Waals surface area contributed by atoms with Crippen LogP contribution in [0.2, 0.25) is 0 Å². The molecule has 0 bridgehead atoms. The summed E-state index contributed by atoms with van der Waals surface area (Å²) < 4.78 is 17.4. The summed E-state index contributed by atoms with van der Waals surface area (Å²) >= 11 is 0. The third-order valence-electron chi connectivity index (χ3n) is 5.10. The van der Waals surface area contributed by atoms with Gasteiger partial charge in [0.05, 0.1) is 11.4 Å². The second kappa shape index (κ2) is 7.54. The van der Waals surface area contributed by atoms with Crippen molar-refractivity contribution in [2.45, 2.75) is 20.3 Å². The van der Waals surface area contributed by atoms with Gasteiger partial charge in [-0.25, -0.2) is 9.07 Å². The van der Waals surface area contributed by atoms with E-state index in [2.05, 4.69) is 10.4 Å². The van der Waals surface area contributed by atoms with E-state index in [9.17, 15) is 9.18 Å². The summed E-state index contributed by atoms with van der Waals surface area (Å²) in [4.78, 5) is 12.5. The molecule has 1 N–H and O–H groups in total. The number of aromatic nitrogens is 3. The van der Waals surface area contributed by atoms with Crippen molar-refractivity contribution in [1.82, 2.24) is 19.7 Å². The van der Waals surface area contributed by atoms with E-state index >= 15 is 0 Å². The average Bonchev–Trinajstić information content (AvgIpc) is 3.20. The molecule has 0 saturated carbocycles. The van der Waals surface area contributed by atoms with Gasteiger partial charge in [0.25, 0.3) is 5.91 Å². The summed E-state index contributed by atoms with van der Waals surface area (Å²) in [6, 6.07) is 14.2. The maximum Gasteiger partial charge on any atom is 0.251 e. The molecule has 148 valence electrons. The van der Waals surface area contributed by atoms with Gasteiger partial charge in [0.15, 0.2) is 0 Å². The standard InChI is InChI=1S/C23H23FN4O/c1-15-12-16(2)28(26-15)20-7-4-17(5-8-20)23(29)25-11-10-18-14-27(3)22-9-6-19(24)13-21(18)22/h4-9,12-14H,10-11H2,1-3H3,(H,25,29). The molecule has 0 aliphatic carbocycles. The lowest BCUT2D eigenvalue weighted by Crippen LogP contribution is -2.25. The Labute approximate surface area is 168 Å². The molecule has 5 nitrogen and oxygen atoms in total. The van der Waals surface area contributed by atoms with Gasteiger partial charge in [0, 0.05) is 41.9 Å². The summed E-state index contributed by atoms with van der Waals surface area (Å²) in [5.41, 5.74) is 5.52. The minimum atomic E-state index is -0.253. The van der Waals surface area contributed by atoms with Crippen LogP contribution in [0.1, 0.15) is 27.3 Å². The van der Waals surface area contributed by atoms with Crippen molar-refractivity contribution < 1.29 is 9.18 Å². The largest absolute Gasteiger partial charge is 0.352 e. The van der Waals surface area contributed by atoms with Crippen molar-refractivity contribution in [3.8, 4) is 5.69 Å². The van der Waals surface area contributed by atoms with E-state index in [-0.39, 0.29) is 11.7 Å². The minimum Gasteiger partial charge on any atom is -0.352 e.